The lowest BCUT2D eigenvalue weighted by Gasteiger charge is -2.13. The van der Waals surface area contributed by atoms with Crippen LogP contribution >= 0.6 is 0 Å². The lowest BCUT2D eigenvalue weighted by Crippen LogP contribution is -2.24. The zero-order valence-corrected chi connectivity index (χ0v) is 10.8. The second-order valence-corrected chi connectivity index (χ2v) is 4.22. The van der Waals surface area contributed by atoms with E-state index < -0.39 is 17.8 Å². The second-order valence-electron chi connectivity index (χ2n) is 4.22. The maximum absolute atomic E-state index is 13.1. The Morgan fingerprint density at radius 1 is 1.25 bits per heavy atom. The van der Waals surface area contributed by atoms with Gasteiger partial charge < -0.3 is 15.2 Å². The van der Waals surface area contributed by atoms with Crippen molar-refractivity contribution in [2.24, 2.45) is 0 Å². The number of nitrogens with one attached hydrogen (secondary N) is 1. The van der Waals surface area contributed by atoms with Gasteiger partial charge >= 0.3 is 0 Å². The van der Waals surface area contributed by atoms with Crippen molar-refractivity contribution in [2.45, 2.75) is 13.0 Å². The Labute approximate surface area is 115 Å². The van der Waals surface area contributed by atoms with Crippen molar-refractivity contribution in [3.8, 4) is 11.5 Å². The fraction of sp³-hybridized carbons (Fsp3) is 0.133. The van der Waals surface area contributed by atoms with Crippen molar-refractivity contribution in [1.29, 1.82) is 0 Å². The molecule has 4 nitrogen and oxygen atoms in total. The third kappa shape index (κ3) is 3.55. The molecule has 0 saturated heterocycles. The van der Waals surface area contributed by atoms with Crippen LogP contribution in [0.3, 0.4) is 0 Å². The Morgan fingerprint density at radius 2 is 2.00 bits per heavy atom. The van der Waals surface area contributed by atoms with Crippen LogP contribution in [0.15, 0.2) is 48.5 Å². The maximum Gasteiger partial charge on any atom is 0.253 e. The SMILES string of the molecule is CC(O)C(=O)Nc1ccccc1Oc1cccc(F)c1. The highest BCUT2D eigenvalue weighted by molar-refractivity contribution is 5.95. The van der Waals surface area contributed by atoms with Crippen LogP contribution in [0.25, 0.3) is 0 Å². The Bertz CT molecular complexity index is 614. The number of anilines is 1. The Kier molecular flexibility index (Phi) is 4.32. The quantitative estimate of drug-likeness (QED) is 0.902. The minimum Gasteiger partial charge on any atom is -0.455 e. The van der Waals surface area contributed by atoms with Crippen LogP contribution in [-0.4, -0.2) is 17.1 Å². The van der Waals surface area contributed by atoms with E-state index in [2.05, 4.69) is 5.32 Å². The number of para-hydroxylation sites is 2. The summed E-state index contributed by atoms with van der Waals surface area (Å²) in [5.41, 5.74) is 0.405. The summed E-state index contributed by atoms with van der Waals surface area (Å²) in [5, 5.41) is 11.7. The van der Waals surface area contributed by atoms with Gasteiger partial charge in [0.15, 0.2) is 5.75 Å². The highest BCUT2D eigenvalue weighted by Gasteiger charge is 2.12. The zero-order valence-electron chi connectivity index (χ0n) is 10.8. The molecule has 20 heavy (non-hydrogen) atoms. The minimum atomic E-state index is -1.13. The summed E-state index contributed by atoms with van der Waals surface area (Å²) in [5.74, 6) is -0.260. The molecule has 1 amide bonds. The Morgan fingerprint density at radius 3 is 2.70 bits per heavy atom. The minimum absolute atomic E-state index is 0.323. The summed E-state index contributed by atoms with van der Waals surface area (Å²) in [6.07, 6.45) is -1.13. The largest absolute Gasteiger partial charge is 0.455 e. The van der Waals surface area contributed by atoms with Crippen LogP contribution in [0.2, 0.25) is 0 Å². The molecule has 0 aliphatic carbocycles. The number of aliphatic hydroxyl groups is 1. The molecule has 0 aliphatic heterocycles. The fourth-order valence-electron chi connectivity index (χ4n) is 1.55. The number of benzene rings is 2. The van der Waals surface area contributed by atoms with Gasteiger partial charge in [0.2, 0.25) is 0 Å². The van der Waals surface area contributed by atoms with Crippen molar-refractivity contribution in [3.05, 3.63) is 54.3 Å². The van der Waals surface area contributed by atoms with Crippen LogP contribution in [0.5, 0.6) is 11.5 Å². The monoisotopic (exact) mass is 275 g/mol. The molecular formula is C15H14FNO3. The molecule has 2 aromatic carbocycles. The summed E-state index contributed by atoms with van der Waals surface area (Å²) in [4.78, 5) is 11.5. The van der Waals surface area contributed by atoms with E-state index in [0.29, 0.717) is 17.2 Å². The molecule has 1 unspecified atom stereocenters. The highest BCUT2D eigenvalue weighted by Crippen LogP contribution is 2.29. The number of aliphatic hydroxyl groups excluding tert-OH is 1. The van der Waals surface area contributed by atoms with E-state index in [-0.39, 0.29) is 0 Å². The molecule has 0 fully saturated rings. The summed E-state index contributed by atoms with van der Waals surface area (Å²) in [6, 6.07) is 12.4. The van der Waals surface area contributed by atoms with Crippen LogP contribution in [0.1, 0.15) is 6.92 Å². The van der Waals surface area contributed by atoms with Gasteiger partial charge in [0.1, 0.15) is 17.7 Å². The van der Waals surface area contributed by atoms with Crippen molar-refractivity contribution in [2.75, 3.05) is 5.32 Å². The van der Waals surface area contributed by atoms with Gasteiger partial charge in [0, 0.05) is 6.07 Å². The van der Waals surface area contributed by atoms with E-state index >= 15 is 0 Å². The van der Waals surface area contributed by atoms with Crippen LogP contribution in [0, 0.1) is 5.82 Å². The van der Waals surface area contributed by atoms with E-state index in [1.54, 1.807) is 30.3 Å². The van der Waals surface area contributed by atoms with Gasteiger partial charge in [-0.25, -0.2) is 4.39 Å². The van der Waals surface area contributed by atoms with E-state index in [1.807, 2.05) is 0 Å². The standard InChI is InChI=1S/C15H14FNO3/c1-10(18)15(19)17-13-7-2-3-8-14(13)20-12-6-4-5-11(16)9-12/h2-10,18H,1H3,(H,17,19). The van der Waals surface area contributed by atoms with E-state index in [4.69, 9.17) is 4.74 Å². The summed E-state index contributed by atoms with van der Waals surface area (Å²) >= 11 is 0. The van der Waals surface area contributed by atoms with E-state index in [9.17, 15) is 14.3 Å². The molecule has 0 bridgehead atoms. The third-order valence-electron chi connectivity index (χ3n) is 2.55. The third-order valence-corrected chi connectivity index (χ3v) is 2.55. The Balaban J connectivity index is 2.22. The molecule has 1 atom stereocenters. The summed E-state index contributed by atoms with van der Waals surface area (Å²) in [7, 11) is 0. The predicted octanol–water partition coefficient (Wildman–Crippen LogP) is 2.94. The molecule has 0 aromatic heterocycles. The van der Waals surface area contributed by atoms with Gasteiger partial charge in [-0.15, -0.1) is 0 Å². The average Bonchev–Trinajstić information content (AvgIpc) is 2.41. The number of hydrogen-bond donors (Lipinski definition) is 2. The lowest BCUT2D eigenvalue weighted by molar-refractivity contribution is -0.123. The molecule has 0 heterocycles. The molecular weight excluding hydrogens is 261 g/mol. The normalized spacial score (nSPS) is 11.8. The van der Waals surface area contributed by atoms with Crippen molar-refractivity contribution in [3.63, 3.8) is 0 Å². The fourth-order valence-corrected chi connectivity index (χ4v) is 1.55. The number of amides is 1. The summed E-state index contributed by atoms with van der Waals surface area (Å²) < 4.78 is 18.6. The van der Waals surface area contributed by atoms with Crippen LogP contribution < -0.4 is 10.1 Å². The second kappa shape index (κ2) is 6.16. The van der Waals surface area contributed by atoms with Gasteiger partial charge in [0.05, 0.1) is 5.69 Å². The maximum atomic E-state index is 13.1. The first kappa shape index (κ1) is 14.0. The molecule has 104 valence electrons. The highest BCUT2D eigenvalue weighted by atomic mass is 19.1. The average molecular weight is 275 g/mol. The number of rotatable bonds is 4. The van der Waals surface area contributed by atoms with Gasteiger partial charge in [-0.3, -0.25) is 4.79 Å². The van der Waals surface area contributed by atoms with Crippen molar-refractivity contribution in [1.82, 2.24) is 0 Å². The molecule has 2 N–H and O–H groups in total. The number of halogens is 1. The van der Waals surface area contributed by atoms with Crippen molar-refractivity contribution < 1.29 is 19.0 Å². The molecule has 0 saturated carbocycles. The van der Waals surface area contributed by atoms with E-state index in [0.717, 1.165) is 0 Å². The van der Waals surface area contributed by atoms with Gasteiger partial charge in [-0.05, 0) is 31.2 Å². The van der Waals surface area contributed by atoms with Crippen molar-refractivity contribution >= 4 is 11.6 Å². The van der Waals surface area contributed by atoms with Crippen LogP contribution in [-0.2, 0) is 4.79 Å². The summed E-state index contributed by atoms with van der Waals surface area (Å²) in [6.45, 7) is 1.37. The number of hydrogen-bond acceptors (Lipinski definition) is 3. The zero-order chi connectivity index (χ0) is 14.5. The molecule has 2 rings (SSSR count). The molecule has 0 aliphatic rings. The van der Waals surface area contributed by atoms with Crippen LogP contribution in [0.4, 0.5) is 10.1 Å². The first-order valence-corrected chi connectivity index (χ1v) is 6.07. The van der Waals surface area contributed by atoms with Gasteiger partial charge in [-0.1, -0.05) is 18.2 Å². The lowest BCUT2D eigenvalue weighted by atomic mass is 10.2. The molecule has 0 radical (unpaired) electrons. The molecule has 5 heteroatoms. The predicted molar refractivity (Wildman–Crippen MR) is 73.2 cm³/mol. The van der Waals surface area contributed by atoms with Gasteiger partial charge in [0.25, 0.3) is 5.91 Å². The number of carbonyl (C=O) groups is 1. The number of carbonyl (C=O) groups excluding carboxylic acids is 1. The topological polar surface area (TPSA) is 58.6 Å². The first-order chi connectivity index (χ1) is 9.56. The number of ether oxygens (including phenoxy) is 1. The van der Waals surface area contributed by atoms with Gasteiger partial charge in [-0.2, -0.15) is 0 Å². The Hall–Kier alpha value is -2.40. The van der Waals surface area contributed by atoms with E-state index in [1.165, 1.54) is 25.1 Å². The molecule has 0 spiro atoms. The molecule has 2 aromatic rings. The first-order valence-electron chi connectivity index (χ1n) is 6.07. The smallest absolute Gasteiger partial charge is 0.253 e.